The largest absolute Gasteiger partial charge is 0.461 e. The summed E-state index contributed by atoms with van der Waals surface area (Å²) in [5, 5.41) is 6.00. The second kappa shape index (κ2) is 5.84. The van der Waals surface area contributed by atoms with Crippen LogP contribution in [-0.2, 0) is 4.74 Å². The summed E-state index contributed by atoms with van der Waals surface area (Å²) in [5.41, 5.74) is 1.14. The minimum atomic E-state index is -0.409. The molecule has 0 aliphatic heterocycles. The Hall–Kier alpha value is -1.59. The third kappa shape index (κ3) is 3.21. The van der Waals surface area contributed by atoms with Crippen molar-refractivity contribution in [3.63, 3.8) is 0 Å². The fourth-order valence-corrected chi connectivity index (χ4v) is 2.21. The lowest BCUT2D eigenvalue weighted by atomic mass is 10.3. The number of thiazole rings is 1. The Morgan fingerprint density at radius 2 is 2.39 bits per heavy atom. The van der Waals surface area contributed by atoms with E-state index < -0.39 is 5.97 Å². The molecule has 1 heterocycles. The maximum Gasteiger partial charge on any atom is 0.357 e. The smallest absolute Gasteiger partial charge is 0.357 e. The predicted molar refractivity (Wildman–Crippen MR) is 72.8 cm³/mol. The molecule has 1 aromatic heterocycles. The Bertz CT molecular complexity index is 557. The van der Waals surface area contributed by atoms with Crippen LogP contribution in [0.2, 0.25) is 5.02 Å². The van der Waals surface area contributed by atoms with E-state index in [0.29, 0.717) is 22.5 Å². The summed E-state index contributed by atoms with van der Waals surface area (Å²) in [6.07, 6.45) is 0. The van der Waals surface area contributed by atoms with Crippen LogP contribution in [0.3, 0.4) is 0 Å². The third-order valence-electron chi connectivity index (χ3n) is 2.06. The number of halogens is 1. The highest BCUT2D eigenvalue weighted by Gasteiger charge is 2.11. The summed E-state index contributed by atoms with van der Waals surface area (Å²) in [6, 6.07) is 7.29. The van der Waals surface area contributed by atoms with Crippen LogP contribution in [0, 0.1) is 0 Å². The SMILES string of the molecule is CCOC(=O)c1csc(Nc2cccc(Cl)c2)n1. The van der Waals surface area contributed by atoms with Crippen LogP contribution in [-0.4, -0.2) is 17.6 Å². The Morgan fingerprint density at radius 3 is 3.11 bits per heavy atom. The molecule has 0 amide bonds. The molecule has 1 aromatic carbocycles. The molecule has 0 unspecified atom stereocenters. The van der Waals surface area contributed by atoms with E-state index in [1.807, 2.05) is 12.1 Å². The fraction of sp³-hybridized carbons (Fsp3) is 0.167. The maximum absolute atomic E-state index is 11.4. The molecule has 0 aliphatic carbocycles. The van der Waals surface area contributed by atoms with Gasteiger partial charge in [-0.05, 0) is 25.1 Å². The summed E-state index contributed by atoms with van der Waals surface area (Å²) in [4.78, 5) is 15.6. The Morgan fingerprint density at radius 1 is 1.56 bits per heavy atom. The number of ether oxygens (including phenoxy) is 1. The number of aromatic nitrogens is 1. The topological polar surface area (TPSA) is 51.2 Å². The van der Waals surface area contributed by atoms with Crippen LogP contribution in [0.5, 0.6) is 0 Å². The van der Waals surface area contributed by atoms with Crippen molar-refractivity contribution < 1.29 is 9.53 Å². The first-order chi connectivity index (χ1) is 8.69. The van der Waals surface area contributed by atoms with Crippen molar-refractivity contribution in [1.29, 1.82) is 0 Å². The molecule has 0 radical (unpaired) electrons. The molecular formula is C12H11ClN2O2S. The van der Waals surface area contributed by atoms with Gasteiger partial charge < -0.3 is 10.1 Å². The van der Waals surface area contributed by atoms with Gasteiger partial charge in [0.25, 0.3) is 0 Å². The highest BCUT2D eigenvalue weighted by Crippen LogP contribution is 2.23. The summed E-state index contributed by atoms with van der Waals surface area (Å²) < 4.78 is 4.87. The molecule has 0 saturated carbocycles. The summed E-state index contributed by atoms with van der Waals surface area (Å²) in [5.74, 6) is -0.409. The highest BCUT2D eigenvalue weighted by molar-refractivity contribution is 7.14. The number of carbonyl (C=O) groups is 1. The van der Waals surface area contributed by atoms with Gasteiger partial charge in [-0.3, -0.25) is 0 Å². The minimum Gasteiger partial charge on any atom is -0.461 e. The molecular weight excluding hydrogens is 272 g/mol. The predicted octanol–water partition coefficient (Wildman–Crippen LogP) is 3.72. The molecule has 2 aromatic rings. The second-order valence-corrected chi connectivity index (χ2v) is 4.69. The van der Waals surface area contributed by atoms with Crippen molar-refractivity contribution in [2.75, 3.05) is 11.9 Å². The molecule has 18 heavy (non-hydrogen) atoms. The number of carbonyl (C=O) groups excluding carboxylic acids is 1. The van der Waals surface area contributed by atoms with Gasteiger partial charge in [-0.2, -0.15) is 0 Å². The Balaban J connectivity index is 2.09. The average Bonchev–Trinajstić information content (AvgIpc) is 2.78. The zero-order chi connectivity index (χ0) is 13.0. The monoisotopic (exact) mass is 282 g/mol. The number of anilines is 2. The first kappa shape index (κ1) is 12.9. The van der Waals surface area contributed by atoms with Crippen molar-refractivity contribution in [2.24, 2.45) is 0 Å². The van der Waals surface area contributed by atoms with E-state index >= 15 is 0 Å². The van der Waals surface area contributed by atoms with Crippen LogP contribution in [0.15, 0.2) is 29.6 Å². The van der Waals surface area contributed by atoms with Crippen LogP contribution in [0.1, 0.15) is 17.4 Å². The van der Waals surface area contributed by atoms with Gasteiger partial charge in [0.2, 0.25) is 0 Å². The quantitative estimate of drug-likeness (QED) is 0.869. The van der Waals surface area contributed by atoms with E-state index in [2.05, 4.69) is 10.3 Å². The number of hydrogen-bond acceptors (Lipinski definition) is 5. The third-order valence-corrected chi connectivity index (χ3v) is 3.06. The number of hydrogen-bond donors (Lipinski definition) is 1. The number of rotatable bonds is 4. The first-order valence-corrected chi connectivity index (χ1v) is 6.60. The van der Waals surface area contributed by atoms with Gasteiger partial charge >= 0.3 is 5.97 Å². The summed E-state index contributed by atoms with van der Waals surface area (Å²) in [6.45, 7) is 2.10. The Kier molecular flexibility index (Phi) is 4.17. The normalized spacial score (nSPS) is 10.1. The zero-order valence-electron chi connectivity index (χ0n) is 9.64. The van der Waals surface area contributed by atoms with Crippen molar-refractivity contribution in [1.82, 2.24) is 4.98 Å². The van der Waals surface area contributed by atoms with Crippen LogP contribution in [0.25, 0.3) is 0 Å². The molecule has 2 rings (SSSR count). The summed E-state index contributed by atoms with van der Waals surface area (Å²) in [7, 11) is 0. The van der Waals surface area contributed by atoms with Gasteiger partial charge in [0, 0.05) is 16.1 Å². The maximum atomic E-state index is 11.4. The van der Waals surface area contributed by atoms with Crippen molar-refractivity contribution in [2.45, 2.75) is 6.92 Å². The zero-order valence-corrected chi connectivity index (χ0v) is 11.2. The number of nitrogens with zero attached hydrogens (tertiary/aromatic N) is 1. The van der Waals surface area contributed by atoms with Crippen molar-refractivity contribution >= 4 is 39.7 Å². The lowest BCUT2D eigenvalue weighted by Crippen LogP contribution is -2.04. The van der Waals surface area contributed by atoms with Gasteiger partial charge in [-0.1, -0.05) is 17.7 Å². The molecule has 1 N–H and O–H groups in total. The molecule has 0 saturated heterocycles. The van der Waals surface area contributed by atoms with E-state index in [-0.39, 0.29) is 0 Å². The first-order valence-electron chi connectivity index (χ1n) is 5.34. The Labute approximate surface area is 114 Å². The van der Waals surface area contributed by atoms with E-state index in [1.54, 1.807) is 24.4 Å². The molecule has 0 aliphatic rings. The highest BCUT2D eigenvalue weighted by atomic mass is 35.5. The van der Waals surface area contributed by atoms with E-state index in [9.17, 15) is 4.79 Å². The number of esters is 1. The van der Waals surface area contributed by atoms with Gasteiger partial charge in [0.15, 0.2) is 10.8 Å². The second-order valence-electron chi connectivity index (χ2n) is 3.39. The van der Waals surface area contributed by atoms with Crippen LogP contribution in [0.4, 0.5) is 10.8 Å². The van der Waals surface area contributed by atoms with E-state index in [1.165, 1.54) is 11.3 Å². The van der Waals surface area contributed by atoms with E-state index in [4.69, 9.17) is 16.3 Å². The van der Waals surface area contributed by atoms with Gasteiger partial charge in [-0.25, -0.2) is 9.78 Å². The van der Waals surface area contributed by atoms with Crippen LogP contribution >= 0.6 is 22.9 Å². The fourth-order valence-electron chi connectivity index (χ4n) is 1.32. The molecule has 0 fully saturated rings. The van der Waals surface area contributed by atoms with Gasteiger partial charge in [-0.15, -0.1) is 11.3 Å². The number of benzene rings is 1. The number of nitrogens with one attached hydrogen (secondary N) is 1. The molecule has 0 bridgehead atoms. The summed E-state index contributed by atoms with van der Waals surface area (Å²) >= 11 is 7.22. The standard InChI is InChI=1S/C12H11ClN2O2S/c1-2-17-11(16)10-7-18-12(15-10)14-9-5-3-4-8(13)6-9/h3-7H,2H2,1H3,(H,14,15). The van der Waals surface area contributed by atoms with Gasteiger partial charge in [0.1, 0.15) is 0 Å². The van der Waals surface area contributed by atoms with Gasteiger partial charge in [0.05, 0.1) is 6.61 Å². The molecule has 0 atom stereocenters. The minimum absolute atomic E-state index is 0.311. The molecule has 0 spiro atoms. The van der Waals surface area contributed by atoms with Crippen LogP contribution < -0.4 is 5.32 Å². The lowest BCUT2D eigenvalue weighted by molar-refractivity contribution is 0.0520. The average molecular weight is 283 g/mol. The van der Waals surface area contributed by atoms with E-state index in [0.717, 1.165) is 5.69 Å². The van der Waals surface area contributed by atoms with Crippen molar-refractivity contribution in [3.8, 4) is 0 Å². The molecule has 4 nitrogen and oxygen atoms in total. The molecule has 6 heteroatoms. The van der Waals surface area contributed by atoms with Crippen molar-refractivity contribution in [3.05, 3.63) is 40.4 Å². The lowest BCUT2D eigenvalue weighted by Gasteiger charge is -2.02. The molecule has 94 valence electrons.